The number of anilines is 1. The number of benzene rings is 1. The Kier molecular flexibility index (Phi) is 9.20. The molecule has 5 heterocycles. The van der Waals surface area contributed by atoms with Gasteiger partial charge in [0.2, 0.25) is 0 Å². The van der Waals surface area contributed by atoms with E-state index in [9.17, 15) is 28.3 Å². The standard InChI is InChI=1S/C32H37F3N8O2S/c1-19(42-11-7-37-8-12-42)16-43-23(15-36)13-24-20(2)21(3-4-25(24)43)17-41-9-5-22(6-10-41)40-29-28-27(31(44)45)26(14-32(33,34)35)46-30(28)39-18-38-29/h3-4,13,18-19,22,37H,5-12,14,16-17H2,1-2H3,(H,44,45)(H,38,39,40)/t19-/m0/s1. The Morgan fingerprint density at radius 1 is 1.22 bits per heavy atom. The molecule has 10 nitrogen and oxygen atoms in total. The molecule has 1 atom stereocenters. The number of aromatic nitrogens is 3. The van der Waals surface area contributed by atoms with Crippen LogP contribution in [0, 0.1) is 18.3 Å². The lowest BCUT2D eigenvalue weighted by Crippen LogP contribution is -2.48. The van der Waals surface area contributed by atoms with Crippen LogP contribution in [0.1, 0.15) is 51.8 Å². The number of piperazine rings is 1. The molecule has 3 N–H and O–H groups in total. The zero-order valence-corrected chi connectivity index (χ0v) is 26.6. The van der Waals surface area contributed by atoms with Crippen LogP contribution < -0.4 is 10.6 Å². The van der Waals surface area contributed by atoms with Crippen molar-refractivity contribution in [3.05, 3.63) is 51.8 Å². The lowest BCUT2D eigenvalue weighted by molar-refractivity contribution is -0.126. The van der Waals surface area contributed by atoms with Gasteiger partial charge in [-0.3, -0.25) is 9.80 Å². The van der Waals surface area contributed by atoms with E-state index in [1.54, 1.807) is 0 Å². The topological polar surface area (TPSA) is 122 Å². The lowest BCUT2D eigenvalue weighted by Gasteiger charge is -2.33. The van der Waals surface area contributed by atoms with Crippen LogP contribution in [0.2, 0.25) is 0 Å². The Hall–Kier alpha value is -3.77. The maximum atomic E-state index is 13.2. The van der Waals surface area contributed by atoms with E-state index in [0.29, 0.717) is 11.7 Å². The molecule has 0 bridgehead atoms. The average molecular weight is 655 g/mol. The van der Waals surface area contributed by atoms with E-state index >= 15 is 0 Å². The van der Waals surface area contributed by atoms with Crippen molar-refractivity contribution in [1.29, 1.82) is 5.26 Å². The van der Waals surface area contributed by atoms with Gasteiger partial charge in [0.25, 0.3) is 0 Å². The first-order chi connectivity index (χ1) is 22.0. The fourth-order valence-electron chi connectivity index (χ4n) is 6.78. The molecule has 14 heteroatoms. The molecule has 2 aliphatic rings. The van der Waals surface area contributed by atoms with Gasteiger partial charge in [-0.2, -0.15) is 18.4 Å². The molecule has 6 rings (SSSR count). The monoisotopic (exact) mass is 654 g/mol. The van der Waals surface area contributed by atoms with Gasteiger partial charge in [0.15, 0.2) is 0 Å². The van der Waals surface area contributed by atoms with Crippen molar-refractivity contribution in [2.45, 2.75) is 64.5 Å². The highest BCUT2D eigenvalue weighted by Gasteiger charge is 2.34. The molecule has 0 aliphatic carbocycles. The van der Waals surface area contributed by atoms with Crippen molar-refractivity contribution >= 4 is 44.2 Å². The van der Waals surface area contributed by atoms with E-state index in [2.05, 4.69) is 67.0 Å². The minimum absolute atomic E-state index is 0.0181. The number of hydrogen-bond acceptors (Lipinski definition) is 9. The van der Waals surface area contributed by atoms with Crippen LogP contribution in [0.5, 0.6) is 0 Å². The quantitative estimate of drug-likeness (QED) is 0.229. The maximum absolute atomic E-state index is 13.2. The van der Waals surface area contributed by atoms with E-state index < -0.39 is 18.6 Å². The zero-order chi connectivity index (χ0) is 32.6. The number of nitrogens with zero attached hydrogens (tertiary/aromatic N) is 6. The highest BCUT2D eigenvalue weighted by atomic mass is 32.1. The van der Waals surface area contributed by atoms with Crippen LogP contribution in [0.4, 0.5) is 19.0 Å². The van der Waals surface area contributed by atoms with Gasteiger partial charge in [-0.15, -0.1) is 11.3 Å². The van der Waals surface area contributed by atoms with Gasteiger partial charge in [0, 0.05) is 80.2 Å². The van der Waals surface area contributed by atoms with Crippen molar-refractivity contribution in [1.82, 2.24) is 29.7 Å². The molecule has 0 saturated carbocycles. The third-order valence-corrected chi connectivity index (χ3v) is 10.4. The number of thiophene rings is 1. The summed E-state index contributed by atoms with van der Waals surface area (Å²) in [5.74, 6) is -1.16. The third-order valence-electron chi connectivity index (χ3n) is 9.26. The van der Waals surface area contributed by atoms with E-state index in [1.807, 2.05) is 6.07 Å². The Morgan fingerprint density at radius 3 is 2.63 bits per heavy atom. The van der Waals surface area contributed by atoms with Gasteiger partial charge >= 0.3 is 12.1 Å². The van der Waals surface area contributed by atoms with Crippen molar-refractivity contribution in [2.24, 2.45) is 0 Å². The first kappa shape index (κ1) is 32.2. The number of fused-ring (bicyclic) bond motifs is 2. The Balaban J connectivity index is 1.13. The summed E-state index contributed by atoms with van der Waals surface area (Å²) in [5.41, 5.74) is 3.74. The number of hydrogen-bond donors (Lipinski definition) is 3. The molecule has 0 radical (unpaired) electrons. The first-order valence-electron chi connectivity index (χ1n) is 15.5. The number of piperidine rings is 1. The lowest BCUT2D eigenvalue weighted by atomic mass is 10.0. The number of carboxylic acid groups (broad SMARTS) is 1. The molecule has 4 aromatic rings. The van der Waals surface area contributed by atoms with Gasteiger partial charge in [-0.25, -0.2) is 14.8 Å². The maximum Gasteiger partial charge on any atom is 0.393 e. The normalized spacial score (nSPS) is 17.8. The van der Waals surface area contributed by atoms with Crippen LogP contribution in [-0.4, -0.2) is 92.9 Å². The number of rotatable bonds is 9. The van der Waals surface area contributed by atoms with Crippen LogP contribution in [0.15, 0.2) is 24.5 Å². The van der Waals surface area contributed by atoms with Crippen LogP contribution >= 0.6 is 11.3 Å². The summed E-state index contributed by atoms with van der Waals surface area (Å²) in [5, 5.41) is 27.7. The second-order valence-corrected chi connectivity index (χ2v) is 13.3. The van der Waals surface area contributed by atoms with Crippen molar-refractivity contribution < 1.29 is 23.1 Å². The summed E-state index contributed by atoms with van der Waals surface area (Å²) in [6, 6.07) is 9.00. The minimum Gasteiger partial charge on any atom is -0.478 e. The molecule has 2 saturated heterocycles. The molecule has 3 aromatic heterocycles. The van der Waals surface area contributed by atoms with Crippen LogP contribution in [0.25, 0.3) is 21.1 Å². The highest BCUT2D eigenvalue weighted by molar-refractivity contribution is 7.19. The summed E-state index contributed by atoms with van der Waals surface area (Å²) >= 11 is 0.748. The van der Waals surface area contributed by atoms with E-state index in [1.165, 1.54) is 17.5 Å². The third kappa shape index (κ3) is 6.69. The Morgan fingerprint density at radius 2 is 1.96 bits per heavy atom. The van der Waals surface area contributed by atoms with Crippen molar-refractivity contribution in [3.63, 3.8) is 0 Å². The molecular weight excluding hydrogens is 617 g/mol. The molecule has 244 valence electrons. The molecule has 46 heavy (non-hydrogen) atoms. The predicted molar refractivity (Wildman–Crippen MR) is 171 cm³/mol. The number of aryl methyl sites for hydroxylation is 1. The number of halogens is 3. The Labute approximate surface area is 268 Å². The average Bonchev–Trinajstić information content (AvgIpc) is 3.57. The van der Waals surface area contributed by atoms with E-state index in [0.717, 1.165) is 87.4 Å². The number of carboxylic acids is 1. The fraction of sp³-hybridized carbons (Fsp3) is 0.500. The van der Waals surface area contributed by atoms with Gasteiger partial charge < -0.3 is 20.3 Å². The van der Waals surface area contributed by atoms with Crippen molar-refractivity contribution in [2.75, 3.05) is 44.6 Å². The number of carbonyl (C=O) groups is 1. The number of aromatic carboxylic acids is 1. The minimum atomic E-state index is -4.53. The second-order valence-electron chi connectivity index (χ2n) is 12.3. The molecule has 0 amide bonds. The van der Waals surface area contributed by atoms with E-state index in [-0.39, 0.29) is 32.5 Å². The zero-order valence-electron chi connectivity index (χ0n) is 25.8. The molecule has 0 spiro atoms. The number of nitriles is 1. The smallest absolute Gasteiger partial charge is 0.393 e. The summed E-state index contributed by atoms with van der Waals surface area (Å²) in [4.78, 5) is 25.1. The summed E-state index contributed by atoms with van der Waals surface area (Å²) < 4.78 is 41.6. The van der Waals surface area contributed by atoms with Gasteiger partial charge in [-0.05, 0) is 49.9 Å². The number of alkyl halides is 3. The second kappa shape index (κ2) is 13.2. The summed E-state index contributed by atoms with van der Waals surface area (Å²) in [6.07, 6.45) is -3.08. The fourth-order valence-corrected chi connectivity index (χ4v) is 7.94. The molecule has 0 unspecified atom stereocenters. The Bertz CT molecular complexity index is 1780. The van der Waals surface area contributed by atoms with Crippen molar-refractivity contribution in [3.8, 4) is 6.07 Å². The molecule has 2 fully saturated rings. The summed E-state index contributed by atoms with van der Waals surface area (Å²) in [7, 11) is 0. The van der Waals surface area contributed by atoms with Gasteiger partial charge in [0.05, 0.1) is 17.4 Å². The molecule has 2 aliphatic heterocycles. The van der Waals surface area contributed by atoms with Gasteiger partial charge in [-0.1, -0.05) is 6.07 Å². The van der Waals surface area contributed by atoms with Crippen LogP contribution in [0.3, 0.4) is 0 Å². The van der Waals surface area contributed by atoms with E-state index in [4.69, 9.17) is 0 Å². The molecule has 1 aromatic carbocycles. The SMILES string of the molecule is Cc1c(CN2CCC(Nc3ncnc4sc(CC(F)(F)F)c(C(=O)O)c34)CC2)ccc2c1cc(C#N)n2C[C@H](C)N1CCNCC1. The number of likely N-dealkylation sites (tertiary alicyclic amines) is 1. The summed E-state index contributed by atoms with van der Waals surface area (Å²) in [6.45, 7) is 11.4. The largest absolute Gasteiger partial charge is 0.478 e. The first-order valence-corrected chi connectivity index (χ1v) is 16.4. The molecular formula is C32H37F3N8O2S. The highest BCUT2D eigenvalue weighted by Crippen LogP contribution is 2.38. The van der Waals surface area contributed by atoms with Crippen LogP contribution in [-0.2, 0) is 19.5 Å². The van der Waals surface area contributed by atoms with Gasteiger partial charge in [0.1, 0.15) is 28.7 Å². The number of nitrogens with one attached hydrogen (secondary N) is 2. The predicted octanol–water partition coefficient (Wildman–Crippen LogP) is 5.00.